The van der Waals surface area contributed by atoms with E-state index in [1.807, 2.05) is 38.5 Å². The van der Waals surface area contributed by atoms with Crippen molar-refractivity contribution in [3.8, 4) is 11.5 Å². The Morgan fingerprint density at radius 1 is 1.33 bits per heavy atom. The maximum Gasteiger partial charge on any atom is 0.231 e. The first-order valence-electron chi connectivity index (χ1n) is 6.58. The van der Waals surface area contributed by atoms with Gasteiger partial charge >= 0.3 is 0 Å². The normalized spacial score (nSPS) is 12.3. The van der Waals surface area contributed by atoms with Crippen molar-refractivity contribution in [2.45, 2.75) is 6.54 Å². The summed E-state index contributed by atoms with van der Waals surface area (Å²) in [7, 11) is 4.02. The van der Waals surface area contributed by atoms with Crippen LogP contribution < -0.4 is 19.7 Å². The molecule has 1 aliphatic heterocycles. The van der Waals surface area contributed by atoms with Crippen molar-refractivity contribution in [3.63, 3.8) is 0 Å². The van der Waals surface area contributed by atoms with Crippen LogP contribution in [0.1, 0.15) is 5.56 Å². The summed E-state index contributed by atoms with van der Waals surface area (Å²) < 4.78 is 11.7. The van der Waals surface area contributed by atoms with Crippen LogP contribution in [0.25, 0.3) is 0 Å². The third kappa shape index (κ3) is 2.90. The highest BCUT2D eigenvalue weighted by Crippen LogP contribution is 2.40. The van der Waals surface area contributed by atoms with Gasteiger partial charge in [0.1, 0.15) is 0 Å². The summed E-state index contributed by atoms with van der Waals surface area (Å²) in [6, 6.07) is 6.01. The van der Waals surface area contributed by atoms with Gasteiger partial charge in [-0.25, -0.2) is 0 Å². The van der Waals surface area contributed by atoms with Crippen LogP contribution in [0.15, 0.2) is 35.1 Å². The highest BCUT2D eigenvalue weighted by Gasteiger charge is 2.18. The molecule has 2 aromatic rings. The largest absolute Gasteiger partial charge is 0.454 e. The number of pyridine rings is 1. The van der Waals surface area contributed by atoms with E-state index in [1.165, 1.54) is 0 Å². The third-order valence-electron chi connectivity index (χ3n) is 3.25. The van der Waals surface area contributed by atoms with Gasteiger partial charge in [-0.15, -0.1) is 0 Å². The second-order valence-corrected chi connectivity index (χ2v) is 5.81. The second-order valence-electron chi connectivity index (χ2n) is 4.95. The number of anilines is 2. The molecule has 3 rings (SSSR count). The van der Waals surface area contributed by atoms with Gasteiger partial charge in [0.15, 0.2) is 11.5 Å². The van der Waals surface area contributed by atoms with Gasteiger partial charge in [-0.2, -0.15) is 0 Å². The van der Waals surface area contributed by atoms with Gasteiger partial charge in [0.25, 0.3) is 0 Å². The van der Waals surface area contributed by atoms with Gasteiger partial charge in [0, 0.05) is 26.8 Å². The van der Waals surface area contributed by atoms with E-state index in [0.29, 0.717) is 6.54 Å². The van der Waals surface area contributed by atoms with Crippen molar-refractivity contribution >= 4 is 27.3 Å². The molecule has 0 spiro atoms. The Labute approximate surface area is 132 Å². The number of nitrogens with one attached hydrogen (secondary N) is 1. The van der Waals surface area contributed by atoms with Crippen molar-refractivity contribution in [2.24, 2.45) is 0 Å². The number of rotatable bonds is 4. The molecule has 0 amide bonds. The predicted molar refractivity (Wildman–Crippen MR) is 86.2 cm³/mol. The molecule has 1 aromatic carbocycles. The van der Waals surface area contributed by atoms with E-state index < -0.39 is 0 Å². The van der Waals surface area contributed by atoms with Crippen LogP contribution in [0.3, 0.4) is 0 Å². The zero-order valence-electron chi connectivity index (χ0n) is 11.9. The van der Waals surface area contributed by atoms with E-state index in [2.05, 4.69) is 31.1 Å². The third-order valence-corrected chi connectivity index (χ3v) is 3.84. The highest BCUT2D eigenvalue weighted by molar-refractivity contribution is 9.10. The Morgan fingerprint density at radius 2 is 2.19 bits per heavy atom. The lowest BCUT2D eigenvalue weighted by Gasteiger charge is -2.18. The molecule has 0 bridgehead atoms. The van der Waals surface area contributed by atoms with E-state index in [9.17, 15) is 0 Å². The topological polar surface area (TPSA) is 46.6 Å². The van der Waals surface area contributed by atoms with Crippen molar-refractivity contribution in [1.29, 1.82) is 0 Å². The summed E-state index contributed by atoms with van der Waals surface area (Å²) in [6.45, 7) is 0.958. The zero-order chi connectivity index (χ0) is 14.8. The molecular formula is C15H16BrN3O2. The fourth-order valence-corrected chi connectivity index (χ4v) is 2.84. The Hall–Kier alpha value is -1.95. The summed E-state index contributed by atoms with van der Waals surface area (Å²) >= 11 is 3.51. The molecule has 21 heavy (non-hydrogen) atoms. The number of aromatic nitrogens is 1. The number of ether oxygens (including phenoxy) is 2. The summed E-state index contributed by atoms with van der Waals surface area (Å²) in [6.07, 6.45) is 3.62. The quantitative estimate of drug-likeness (QED) is 0.917. The molecule has 6 heteroatoms. The fourth-order valence-electron chi connectivity index (χ4n) is 2.23. The summed E-state index contributed by atoms with van der Waals surface area (Å²) in [5.41, 5.74) is 3.21. The van der Waals surface area contributed by atoms with Crippen LogP contribution in [0, 0.1) is 0 Å². The van der Waals surface area contributed by atoms with Crippen LogP contribution in [-0.4, -0.2) is 25.9 Å². The molecular weight excluding hydrogens is 334 g/mol. The van der Waals surface area contributed by atoms with Gasteiger partial charge in [-0.3, -0.25) is 4.98 Å². The number of benzene rings is 1. The average molecular weight is 350 g/mol. The number of hydrogen-bond acceptors (Lipinski definition) is 5. The van der Waals surface area contributed by atoms with E-state index >= 15 is 0 Å². The molecule has 1 N–H and O–H groups in total. The Balaban J connectivity index is 1.78. The first-order valence-corrected chi connectivity index (χ1v) is 7.37. The Morgan fingerprint density at radius 3 is 3.00 bits per heavy atom. The first-order chi connectivity index (χ1) is 10.1. The van der Waals surface area contributed by atoms with E-state index in [4.69, 9.17) is 9.47 Å². The molecule has 0 saturated heterocycles. The van der Waals surface area contributed by atoms with Gasteiger partial charge in [-0.05, 0) is 39.7 Å². The lowest BCUT2D eigenvalue weighted by molar-refractivity contribution is 0.173. The van der Waals surface area contributed by atoms with Crippen LogP contribution in [0.4, 0.5) is 11.4 Å². The minimum Gasteiger partial charge on any atom is -0.454 e. The maximum atomic E-state index is 5.43. The molecule has 2 heterocycles. The highest BCUT2D eigenvalue weighted by atomic mass is 79.9. The van der Waals surface area contributed by atoms with Crippen molar-refractivity contribution in [2.75, 3.05) is 31.1 Å². The lowest BCUT2D eigenvalue weighted by Crippen LogP contribution is -2.12. The predicted octanol–water partition coefficient (Wildman–Crippen LogP) is 3.25. The number of nitrogens with zero attached hydrogens (tertiary/aromatic N) is 2. The van der Waals surface area contributed by atoms with Crippen LogP contribution >= 0.6 is 15.9 Å². The minimum absolute atomic E-state index is 0.276. The number of fused-ring (bicyclic) bond motifs is 1. The monoisotopic (exact) mass is 349 g/mol. The van der Waals surface area contributed by atoms with Crippen molar-refractivity contribution < 1.29 is 9.47 Å². The van der Waals surface area contributed by atoms with Gasteiger partial charge in [-0.1, -0.05) is 0 Å². The molecule has 0 fully saturated rings. The van der Waals surface area contributed by atoms with E-state index in [1.54, 1.807) is 6.20 Å². The Bertz CT molecular complexity index is 661. The summed E-state index contributed by atoms with van der Waals surface area (Å²) in [5, 5.41) is 3.41. The fraction of sp³-hybridized carbons (Fsp3) is 0.267. The van der Waals surface area contributed by atoms with E-state index in [0.717, 1.165) is 32.9 Å². The molecule has 0 atom stereocenters. The van der Waals surface area contributed by atoms with Crippen LogP contribution in [0.5, 0.6) is 11.5 Å². The average Bonchev–Trinajstić information content (AvgIpc) is 2.94. The molecule has 0 radical (unpaired) electrons. The summed E-state index contributed by atoms with van der Waals surface area (Å²) in [4.78, 5) is 6.23. The standard InChI is InChI=1S/C15H16BrN3O2/c1-19(2)13-3-4-17-8-12(13)18-7-10-5-11(16)15-14(6-10)20-9-21-15/h3-6,8,18H,7,9H2,1-2H3. The van der Waals surface area contributed by atoms with Gasteiger partial charge in [0.2, 0.25) is 6.79 Å². The van der Waals surface area contributed by atoms with Crippen molar-refractivity contribution in [3.05, 3.63) is 40.6 Å². The van der Waals surface area contributed by atoms with Gasteiger partial charge < -0.3 is 19.7 Å². The first kappa shape index (κ1) is 14.0. The zero-order valence-corrected chi connectivity index (χ0v) is 13.5. The number of hydrogen-bond donors (Lipinski definition) is 1. The van der Waals surface area contributed by atoms with Crippen LogP contribution in [-0.2, 0) is 6.54 Å². The van der Waals surface area contributed by atoms with Gasteiger partial charge in [0.05, 0.1) is 22.0 Å². The molecule has 1 aromatic heterocycles. The molecule has 110 valence electrons. The number of halogens is 1. The molecule has 0 unspecified atom stereocenters. The minimum atomic E-state index is 0.276. The Kier molecular flexibility index (Phi) is 3.88. The second kappa shape index (κ2) is 5.81. The molecule has 1 aliphatic rings. The smallest absolute Gasteiger partial charge is 0.231 e. The maximum absolute atomic E-state index is 5.43. The van der Waals surface area contributed by atoms with E-state index in [-0.39, 0.29) is 6.79 Å². The lowest BCUT2D eigenvalue weighted by atomic mass is 10.2. The van der Waals surface area contributed by atoms with Crippen LogP contribution in [0.2, 0.25) is 0 Å². The molecule has 5 nitrogen and oxygen atoms in total. The molecule has 0 saturated carbocycles. The van der Waals surface area contributed by atoms with Crippen molar-refractivity contribution in [1.82, 2.24) is 4.98 Å². The SMILES string of the molecule is CN(C)c1ccncc1NCc1cc(Br)c2c(c1)OCO2. The molecule has 0 aliphatic carbocycles. The summed E-state index contributed by atoms with van der Waals surface area (Å²) in [5.74, 6) is 1.55.